The van der Waals surface area contributed by atoms with E-state index >= 15 is 0 Å². The summed E-state index contributed by atoms with van der Waals surface area (Å²) in [5.41, 5.74) is 8.06. The number of carbonyl (C=O) groups excluding carboxylic acids is 1. The average molecular weight is 350 g/mol. The number of nitrogens with zero attached hydrogens (tertiary/aromatic N) is 1. The second kappa shape index (κ2) is 12.7. The van der Waals surface area contributed by atoms with Crippen molar-refractivity contribution in [3.63, 3.8) is 0 Å². The molecule has 0 aliphatic heterocycles. The summed E-state index contributed by atoms with van der Waals surface area (Å²) in [4.78, 5) is 13.9. The molecule has 0 saturated heterocycles. The molecule has 0 aliphatic carbocycles. The lowest BCUT2D eigenvalue weighted by Crippen LogP contribution is -2.25. The Labute approximate surface area is 146 Å². The third-order valence-electron chi connectivity index (χ3n) is 3.30. The Balaban J connectivity index is 0. The molecular formula is C16H29Cl2N3O. The third kappa shape index (κ3) is 10.0. The molecule has 0 aliphatic rings. The molecule has 0 heterocycles. The van der Waals surface area contributed by atoms with E-state index in [0.29, 0.717) is 13.0 Å². The van der Waals surface area contributed by atoms with Crippen LogP contribution in [0.3, 0.4) is 0 Å². The van der Waals surface area contributed by atoms with Gasteiger partial charge in [-0.25, -0.2) is 0 Å². The van der Waals surface area contributed by atoms with E-state index < -0.39 is 0 Å². The van der Waals surface area contributed by atoms with Gasteiger partial charge in [-0.15, -0.1) is 24.8 Å². The minimum absolute atomic E-state index is 0. The number of amides is 1. The van der Waals surface area contributed by atoms with E-state index in [2.05, 4.69) is 36.3 Å². The van der Waals surface area contributed by atoms with Gasteiger partial charge in [0.05, 0.1) is 0 Å². The van der Waals surface area contributed by atoms with Crippen molar-refractivity contribution in [2.24, 2.45) is 5.73 Å². The lowest BCUT2D eigenvalue weighted by atomic mass is 10.1. The highest BCUT2D eigenvalue weighted by Gasteiger charge is 2.04. The van der Waals surface area contributed by atoms with Crippen LogP contribution in [-0.2, 0) is 17.9 Å². The van der Waals surface area contributed by atoms with Crippen molar-refractivity contribution in [1.29, 1.82) is 0 Å². The van der Waals surface area contributed by atoms with E-state index in [1.165, 1.54) is 5.56 Å². The molecule has 0 aromatic heterocycles. The van der Waals surface area contributed by atoms with Crippen LogP contribution in [0.5, 0.6) is 0 Å². The summed E-state index contributed by atoms with van der Waals surface area (Å²) in [6, 6.07) is 8.43. The number of nitrogens with one attached hydrogen (secondary N) is 1. The van der Waals surface area contributed by atoms with E-state index in [1.54, 1.807) is 0 Å². The van der Waals surface area contributed by atoms with Gasteiger partial charge in [0.25, 0.3) is 0 Å². The second-order valence-electron chi connectivity index (χ2n) is 5.44. The zero-order chi connectivity index (χ0) is 15.0. The van der Waals surface area contributed by atoms with E-state index in [9.17, 15) is 4.79 Å². The summed E-state index contributed by atoms with van der Waals surface area (Å²) in [6.45, 7) is 6.60. The van der Waals surface area contributed by atoms with Crippen LogP contribution in [-0.4, -0.2) is 30.4 Å². The predicted octanol–water partition coefficient (Wildman–Crippen LogP) is 2.73. The Bertz CT molecular complexity index is 428. The molecule has 128 valence electrons. The van der Waals surface area contributed by atoms with Crippen LogP contribution in [0.15, 0.2) is 24.3 Å². The topological polar surface area (TPSA) is 58.4 Å². The molecule has 1 aromatic rings. The zero-order valence-electron chi connectivity index (χ0n) is 13.7. The van der Waals surface area contributed by atoms with Crippen molar-refractivity contribution in [3.8, 4) is 0 Å². The van der Waals surface area contributed by atoms with Crippen molar-refractivity contribution >= 4 is 30.7 Å². The van der Waals surface area contributed by atoms with Gasteiger partial charge >= 0.3 is 0 Å². The van der Waals surface area contributed by atoms with Gasteiger partial charge < -0.3 is 16.0 Å². The molecule has 3 N–H and O–H groups in total. The molecule has 1 unspecified atom stereocenters. The maximum Gasteiger partial charge on any atom is 0.220 e. The first-order valence-electron chi connectivity index (χ1n) is 7.30. The maximum atomic E-state index is 11.7. The van der Waals surface area contributed by atoms with Crippen molar-refractivity contribution in [3.05, 3.63) is 35.4 Å². The summed E-state index contributed by atoms with van der Waals surface area (Å²) in [5.74, 6) is 0.0679. The maximum absolute atomic E-state index is 11.7. The minimum atomic E-state index is 0. The number of rotatable bonds is 8. The molecule has 0 fully saturated rings. The molecule has 0 bridgehead atoms. The van der Waals surface area contributed by atoms with Crippen LogP contribution in [0.2, 0.25) is 0 Å². The van der Waals surface area contributed by atoms with E-state index in [0.717, 1.165) is 25.1 Å². The van der Waals surface area contributed by atoms with Crippen molar-refractivity contribution in [2.75, 3.05) is 13.6 Å². The highest BCUT2D eigenvalue weighted by Crippen LogP contribution is 2.07. The molecule has 0 spiro atoms. The second-order valence-corrected chi connectivity index (χ2v) is 5.44. The number of carbonyl (C=O) groups is 1. The van der Waals surface area contributed by atoms with Gasteiger partial charge in [-0.2, -0.15) is 0 Å². The van der Waals surface area contributed by atoms with Gasteiger partial charge in [0.15, 0.2) is 0 Å². The smallest absolute Gasteiger partial charge is 0.220 e. The molecule has 4 nitrogen and oxygen atoms in total. The molecule has 1 atom stereocenters. The third-order valence-corrected chi connectivity index (χ3v) is 3.30. The fraction of sp³-hybridized carbons (Fsp3) is 0.562. The Morgan fingerprint density at radius 1 is 1.32 bits per heavy atom. The largest absolute Gasteiger partial charge is 0.352 e. The van der Waals surface area contributed by atoms with E-state index in [1.807, 2.05) is 19.1 Å². The van der Waals surface area contributed by atoms with Crippen LogP contribution in [0.25, 0.3) is 0 Å². The number of halogens is 2. The summed E-state index contributed by atoms with van der Waals surface area (Å²) in [7, 11) is 2.10. The number of hydrogen-bond acceptors (Lipinski definition) is 3. The Morgan fingerprint density at radius 2 is 1.95 bits per heavy atom. The van der Waals surface area contributed by atoms with E-state index in [-0.39, 0.29) is 36.8 Å². The predicted molar refractivity (Wildman–Crippen MR) is 97.7 cm³/mol. The van der Waals surface area contributed by atoms with Gasteiger partial charge in [-0.1, -0.05) is 31.2 Å². The monoisotopic (exact) mass is 349 g/mol. The fourth-order valence-corrected chi connectivity index (χ4v) is 1.91. The first-order valence-corrected chi connectivity index (χ1v) is 7.30. The quantitative estimate of drug-likeness (QED) is 0.758. The zero-order valence-corrected chi connectivity index (χ0v) is 15.3. The van der Waals surface area contributed by atoms with Crippen LogP contribution in [0.4, 0.5) is 0 Å². The number of nitrogens with two attached hydrogens (primary N) is 1. The van der Waals surface area contributed by atoms with Crippen LogP contribution in [0.1, 0.15) is 37.8 Å². The van der Waals surface area contributed by atoms with Gasteiger partial charge in [0, 0.05) is 25.6 Å². The van der Waals surface area contributed by atoms with Gasteiger partial charge in [-0.3, -0.25) is 4.79 Å². The molecule has 1 amide bonds. The summed E-state index contributed by atoms with van der Waals surface area (Å²) >= 11 is 0. The van der Waals surface area contributed by atoms with E-state index in [4.69, 9.17) is 5.73 Å². The molecule has 1 aromatic carbocycles. The lowest BCUT2D eigenvalue weighted by Gasteiger charge is -2.14. The first-order chi connectivity index (χ1) is 9.51. The highest BCUT2D eigenvalue weighted by atomic mass is 35.5. The van der Waals surface area contributed by atoms with Gasteiger partial charge in [0.2, 0.25) is 5.91 Å². The fourth-order valence-electron chi connectivity index (χ4n) is 1.91. The number of benzene rings is 1. The minimum Gasteiger partial charge on any atom is -0.352 e. The van der Waals surface area contributed by atoms with Gasteiger partial charge in [-0.05, 0) is 38.1 Å². The Kier molecular flexibility index (Phi) is 13.5. The van der Waals surface area contributed by atoms with Crippen molar-refractivity contribution < 1.29 is 4.79 Å². The Morgan fingerprint density at radius 3 is 2.55 bits per heavy atom. The average Bonchev–Trinajstić information content (AvgIpc) is 2.43. The molecule has 0 radical (unpaired) electrons. The molecule has 22 heavy (non-hydrogen) atoms. The van der Waals surface area contributed by atoms with Crippen LogP contribution < -0.4 is 11.1 Å². The van der Waals surface area contributed by atoms with Crippen molar-refractivity contribution in [2.45, 2.75) is 45.8 Å². The highest BCUT2D eigenvalue weighted by molar-refractivity contribution is 5.85. The summed E-state index contributed by atoms with van der Waals surface area (Å²) < 4.78 is 0. The standard InChI is InChI=1S/C16H27N3O.2ClH/c1-4-19(3)12-15-7-5-6-14(10-15)11-18-16(20)9-8-13(2)17;;/h5-7,10,13H,4,8-9,11-12,17H2,1-3H3,(H,18,20);2*1H. The summed E-state index contributed by atoms with van der Waals surface area (Å²) in [6.07, 6.45) is 1.23. The normalized spacial score (nSPS) is 11.3. The lowest BCUT2D eigenvalue weighted by molar-refractivity contribution is -0.121. The molecule has 1 rings (SSSR count). The number of hydrogen-bond donors (Lipinski definition) is 2. The first kappa shape index (κ1) is 23.5. The summed E-state index contributed by atoms with van der Waals surface area (Å²) in [5, 5.41) is 2.94. The molecular weight excluding hydrogens is 321 g/mol. The van der Waals surface area contributed by atoms with Crippen LogP contribution >= 0.6 is 24.8 Å². The van der Waals surface area contributed by atoms with Crippen molar-refractivity contribution in [1.82, 2.24) is 10.2 Å². The Hall–Kier alpha value is -0.810. The van der Waals surface area contributed by atoms with Gasteiger partial charge in [0.1, 0.15) is 0 Å². The molecule has 6 heteroatoms. The molecule has 0 saturated carbocycles. The van der Waals surface area contributed by atoms with Crippen LogP contribution in [0, 0.1) is 0 Å². The SMILES string of the molecule is CCN(C)Cc1cccc(CNC(=O)CCC(C)N)c1.Cl.Cl.